The van der Waals surface area contributed by atoms with Gasteiger partial charge in [0, 0.05) is 6.04 Å². The average molecular weight is 279 g/mol. The normalized spacial score (nSPS) is 13.6. The molecule has 0 saturated heterocycles. The molecule has 0 aliphatic heterocycles. The van der Waals surface area contributed by atoms with Gasteiger partial charge in [-0.05, 0) is 31.8 Å². The van der Waals surface area contributed by atoms with Crippen LogP contribution < -0.4 is 0 Å². The summed E-state index contributed by atoms with van der Waals surface area (Å²) in [6, 6.07) is 1.28. The molecule has 19 heavy (non-hydrogen) atoms. The molecule has 0 spiro atoms. The van der Waals surface area contributed by atoms with E-state index in [2.05, 4.69) is 0 Å². The van der Waals surface area contributed by atoms with E-state index in [0.717, 1.165) is 12.1 Å². The summed E-state index contributed by atoms with van der Waals surface area (Å²) in [7, 11) is 2.94. The van der Waals surface area contributed by atoms with Gasteiger partial charge in [0.05, 0.1) is 12.0 Å². The number of hydrogen-bond donors (Lipinski definition) is 1. The number of carboxylic acid groups (broad SMARTS) is 1. The Kier molecular flexibility index (Phi) is 4.52. The molecule has 0 bridgehead atoms. The molecule has 1 unspecified atom stereocenters. The zero-order valence-electron chi connectivity index (χ0n) is 10.3. The summed E-state index contributed by atoms with van der Waals surface area (Å²) in [5.41, 5.74) is -1.39. The molecule has 1 aromatic carbocycles. The third-order valence-electron chi connectivity index (χ3n) is 2.67. The number of carboxylic acids is 1. The highest BCUT2D eigenvalue weighted by Gasteiger charge is 2.36. The molecule has 1 N–H and O–H groups in total. The summed E-state index contributed by atoms with van der Waals surface area (Å²) < 4.78 is 51.5. The highest BCUT2D eigenvalue weighted by atomic mass is 19.4. The van der Waals surface area contributed by atoms with Crippen molar-refractivity contribution in [3.63, 3.8) is 0 Å². The average Bonchev–Trinajstić information content (AvgIpc) is 2.24. The van der Waals surface area contributed by atoms with E-state index >= 15 is 0 Å². The highest BCUT2D eigenvalue weighted by molar-refractivity contribution is 5.68. The second-order valence-corrected chi connectivity index (χ2v) is 4.31. The van der Waals surface area contributed by atoms with Crippen LogP contribution in [0.5, 0.6) is 0 Å². The highest BCUT2D eigenvalue weighted by Crippen LogP contribution is 2.37. The topological polar surface area (TPSA) is 40.5 Å². The first-order chi connectivity index (χ1) is 8.62. The fraction of sp³-hybridized carbons (Fsp3) is 0.417. The van der Waals surface area contributed by atoms with E-state index in [-0.39, 0.29) is 5.56 Å². The Bertz CT molecular complexity index is 471. The molecular formula is C12H13F4NO2. The largest absolute Gasteiger partial charge is 0.481 e. The molecule has 1 rings (SSSR count). The molecule has 3 nitrogen and oxygen atoms in total. The zero-order valence-corrected chi connectivity index (χ0v) is 10.3. The number of hydrogen-bond acceptors (Lipinski definition) is 2. The van der Waals surface area contributed by atoms with Crippen molar-refractivity contribution >= 4 is 5.97 Å². The fourth-order valence-corrected chi connectivity index (χ4v) is 1.80. The number of alkyl halides is 3. The maximum atomic E-state index is 13.0. The molecule has 0 saturated carbocycles. The molecule has 106 valence electrons. The Hall–Kier alpha value is -1.63. The maximum Gasteiger partial charge on any atom is 0.416 e. The van der Waals surface area contributed by atoms with Crippen molar-refractivity contribution in [1.29, 1.82) is 0 Å². The fourth-order valence-electron chi connectivity index (χ4n) is 1.80. The Labute approximate surface area is 107 Å². The maximum absolute atomic E-state index is 13.0. The van der Waals surface area contributed by atoms with E-state index in [1.807, 2.05) is 0 Å². The van der Waals surface area contributed by atoms with Gasteiger partial charge in [-0.25, -0.2) is 4.39 Å². The standard InChI is InChI=1S/C12H13F4NO2/c1-17(2)10(6-11(18)19)8-4-3-7(13)5-9(8)12(14,15)16/h3-5,10H,6H2,1-2H3,(H,18,19). The number of rotatable bonds is 4. The predicted molar refractivity (Wildman–Crippen MR) is 60.1 cm³/mol. The lowest BCUT2D eigenvalue weighted by Crippen LogP contribution is -2.25. The van der Waals surface area contributed by atoms with Crippen molar-refractivity contribution in [3.05, 3.63) is 35.1 Å². The molecule has 0 heterocycles. The molecule has 0 fully saturated rings. The number of benzene rings is 1. The Balaban J connectivity index is 3.34. The van der Waals surface area contributed by atoms with Gasteiger partial charge in [-0.3, -0.25) is 4.79 Å². The van der Waals surface area contributed by atoms with E-state index in [9.17, 15) is 22.4 Å². The second kappa shape index (κ2) is 5.56. The van der Waals surface area contributed by atoms with E-state index in [1.165, 1.54) is 19.0 Å². The summed E-state index contributed by atoms with van der Waals surface area (Å²) in [4.78, 5) is 12.1. The molecule has 0 aromatic heterocycles. The van der Waals surface area contributed by atoms with E-state index < -0.39 is 36.0 Å². The van der Waals surface area contributed by atoms with Gasteiger partial charge in [-0.1, -0.05) is 6.07 Å². The monoisotopic (exact) mass is 279 g/mol. The van der Waals surface area contributed by atoms with Crippen LogP contribution in [-0.4, -0.2) is 30.1 Å². The smallest absolute Gasteiger partial charge is 0.416 e. The van der Waals surface area contributed by atoms with Gasteiger partial charge in [0.15, 0.2) is 0 Å². The molecule has 0 aliphatic carbocycles. The lowest BCUT2D eigenvalue weighted by molar-refractivity contribution is -0.141. The summed E-state index contributed by atoms with van der Waals surface area (Å²) in [6.45, 7) is 0. The minimum Gasteiger partial charge on any atom is -0.481 e. The Morgan fingerprint density at radius 1 is 1.37 bits per heavy atom. The zero-order chi connectivity index (χ0) is 14.8. The van der Waals surface area contributed by atoms with Crippen LogP contribution in [0.4, 0.5) is 17.6 Å². The number of aliphatic carboxylic acids is 1. The van der Waals surface area contributed by atoms with Crippen molar-refractivity contribution in [3.8, 4) is 0 Å². The number of nitrogens with zero attached hydrogens (tertiary/aromatic N) is 1. The van der Waals surface area contributed by atoms with Crippen LogP contribution in [0.25, 0.3) is 0 Å². The van der Waals surface area contributed by atoms with Crippen LogP contribution in [0, 0.1) is 5.82 Å². The second-order valence-electron chi connectivity index (χ2n) is 4.31. The third-order valence-corrected chi connectivity index (χ3v) is 2.67. The molecule has 0 radical (unpaired) electrons. The van der Waals surface area contributed by atoms with Crippen molar-refractivity contribution in [2.24, 2.45) is 0 Å². The van der Waals surface area contributed by atoms with Crippen LogP contribution in [-0.2, 0) is 11.0 Å². The van der Waals surface area contributed by atoms with Crippen molar-refractivity contribution in [2.75, 3.05) is 14.1 Å². The van der Waals surface area contributed by atoms with Gasteiger partial charge in [0.25, 0.3) is 0 Å². The molecular weight excluding hydrogens is 266 g/mol. The summed E-state index contributed by atoms with van der Waals surface area (Å²) in [5.74, 6) is -2.24. The van der Waals surface area contributed by atoms with Crippen LogP contribution in [0.15, 0.2) is 18.2 Å². The molecule has 7 heteroatoms. The lowest BCUT2D eigenvalue weighted by Gasteiger charge is -2.26. The molecule has 1 aromatic rings. The Morgan fingerprint density at radius 2 is 1.95 bits per heavy atom. The van der Waals surface area contributed by atoms with Crippen LogP contribution in [0.3, 0.4) is 0 Å². The predicted octanol–water partition coefficient (Wildman–Crippen LogP) is 2.92. The summed E-state index contributed by atoms with van der Waals surface area (Å²) in [5, 5.41) is 8.76. The van der Waals surface area contributed by atoms with Crippen molar-refractivity contribution in [1.82, 2.24) is 4.90 Å². The first-order valence-electron chi connectivity index (χ1n) is 5.37. The van der Waals surface area contributed by atoms with Crippen molar-refractivity contribution < 1.29 is 27.5 Å². The number of halogens is 4. The first kappa shape index (κ1) is 15.4. The van der Waals surface area contributed by atoms with Crippen LogP contribution in [0.2, 0.25) is 0 Å². The van der Waals surface area contributed by atoms with Gasteiger partial charge in [0.1, 0.15) is 5.82 Å². The number of carbonyl (C=O) groups is 1. The summed E-state index contributed by atoms with van der Waals surface area (Å²) >= 11 is 0. The summed E-state index contributed by atoms with van der Waals surface area (Å²) in [6.07, 6.45) is -5.23. The van der Waals surface area contributed by atoms with Gasteiger partial charge < -0.3 is 10.0 Å². The van der Waals surface area contributed by atoms with Crippen LogP contribution >= 0.6 is 0 Å². The minimum atomic E-state index is -4.73. The van der Waals surface area contributed by atoms with Gasteiger partial charge in [-0.15, -0.1) is 0 Å². The first-order valence-corrected chi connectivity index (χ1v) is 5.37. The van der Waals surface area contributed by atoms with Gasteiger partial charge in [0.2, 0.25) is 0 Å². The minimum absolute atomic E-state index is 0.249. The SMILES string of the molecule is CN(C)C(CC(=O)O)c1ccc(F)cc1C(F)(F)F. The quantitative estimate of drug-likeness (QED) is 0.861. The van der Waals surface area contributed by atoms with E-state index in [0.29, 0.717) is 6.07 Å². The van der Waals surface area contributed by atoms with E-state index in [4.69, 9.17) is 5.11 Å². The van der Waals surface area contributed by atoms with E-state index in [1.54, 1.807) is 0 Å². The van der Waals surface area contributed by atoms with Gasteiger partial charge >= 0.3 is 12.1 Å². The lowest BCUT2D eigenvalue weighted by atomic mass is 9.96. The Morgan fingerprint density at radius 3 is 2.37 bits per heavy atom. The van der Waals surface area contributed by atoms with Gasteiger partial charge in [-0.2, -0.15) is 13.2 Å². The molecule has 0 aliphatic rings. The van der Waals surface area contributed by atoms with Crippen molar-refractivity contribution in [2.45, 2.75) is 18.6 Å². The third kappa shape index (κ3) is 3.92. The molecule has 0 amide bonds. The molecule has 1 atom stereocenters. The van der Waals surface area contributed by atoms with Crippen LogP contribution in [0.1, 0.15) is 23.6 Å².